The lowest BCUT2D eigenvalue weighted by molar-refractivity contribution is -0.103. The second-order valence-electron chi connectivity index (χ2n) is 3.75. The quantitative estimate of drug-likeness (QED) is 0.818. The zero-order valence-electron chi connectivity index (χ0n) is 9.13. The first kappa shape index (κ1) is 13.5. The number of hydrogen-bond donors (Lipinski definition) is 1. The molecule has 1 aliphatic heterocycles. The van der Waals surface area contributed by atoms with Crippen LogP contribution in [0.4, 0.5) is 0 Å². The van der Waals surface area contributed by atoms with Crippen LogP contribution in [0.25, 0.3) is 0 Å². The van der Waals surface area contributed by atoms with Crippen LogP contribution in [0.15, 0.2) is 27.6 Å². The lowest BCUT2D eigenvalue weighted by Crippen LogP contribution is -2.37. The monoisotopic (exact) mass is 335 g/mol. The van der Waals surface area contributed by atoms with E-state index in [1.54, 1.807) is 0 Å². The molecule has 0 aliphatic carbocycles. The first-order chi connectivity index (χ1) is 8.38. The van der Waals surface area contributed by atoms with E-state index in [0.717, 1.165) is 0 Å². The lowest BCUT2D eigenvalue weighted by Gasteiger charge is -2.25. The average Bonchev–Trinajstić information content (AvgIpc) is 2.22. The van der Waals surface area contributed by atoms with Gasteiger partial charge in [0.05, 0.1) is 23.7 Å². The fourth-order valence-electron chi connectivity index (χ4n) is 1.35. The number of carbonyl (C=O) groups is 1. The van der Waals surface area contributed by atoms with Crippen molar-refractivity contribution in [3.8, 4) is 0 Å². The molecule has 1 aromatic carbocycles. The van der Waals surface area contributed by atoms with Crippen LogP contribution in [-0.2, 0) is 19.5 Å². The molecule has 0 atom stereocenters. The van der Waals surface area contributed by atoms with Gasteiger partial charge < -0.3 is 9.47 Å². The predicted octanol–water partition coefficient (Wildman–Crippen LogP) is 0.652. The van der Waals surface area contributed by atoms with Crippen LogP contribution in [-0.4, -0.2) is 33.7 Å². The van der Waals surface area contributed by atoms with E-state index in [-0.39, 0.29) is 16.6 Å². The molecule has 0 aromatic heterocycles. The van der Waals surface area contributed by atoms with E-state index < -0.39 is 16.0 Å². The highest BCUT2D eigenvalue weighted by Crippen LogP contribution is 2.23. The smallest absolute Gasteiger partial charge is 0.338 e. The zero-order valence-corrected chi connectivity index (χ0v) is 11.5. The second-order valence-corrected chi connectivity index (χ2v) is 6.14. The van der Waals surface area contributed by atoms with Gasteiger partial charge >= 0.3 is 5.97 Å². The summed E-state index contributed by atoms with van der Waals surface area (Å²) in [6.45, 7) is 0.731. The number of sulfonamides is 1. The first-order valence-electron chi connectivity index (χ1n) is 4.99. The van der Waals surface area contributed by atoms with Crippen molar-refractivity contribution < 1.29 is 22.7 Å². The van der Waals surface area contributed by atoms with Crippen LogP contribution in [0.5, 0.6) is 0 Å². The molecule has 0 spiro atoms. The Labute approximate surface area is 112 Å². The van der Waals surface area contributed by atoms with Gasteiger partial charge in [-0.2, -0.15) is 0 Å². The lowest BCUT2D eigenvalue weighted by atomic mass is 10.2. The Morgan fingerprint density at radius 1 is 1.44 bits per heavy atom. The summed E-state index contributed by atoms with van der Waals surface area (Å²) in [7, 11) is -3.89. The number of nitrogens with two attached hydrogens (primary N) is 1. The standard InChI is InChI=1S/C10H10BrNO5S/c11-8-2-1-6(3-9(8)18(12,14)15)10(13)17-7-4-16-5-7/h1-3,7H,4-5H2,(H2,12,14,15). The third-order valence-electron chi connectivity index (χ3n) is 2.35. The molecule has 98 valence electrons. The van der Waals surface area contributed by atoms with E-state index in [0.29, 0.717) is 17.7 Å². The van der Waals surface area contributed by atoms with Crippen LogP contribution in [0.1, 0.15) is 10.4 Å². The highest BCUT2D eigenvalue weighted by Gasteiger charge is 2.24. The molecule has 6 nitrogen and oxygen atoms in total. The summed E-state index contributed by atoms with van der Waals surface area (Å²) < 4.78 is 32.8. The summed E-state index contributed by atoms with van der Waals surface area (Å²) in [5.41, 5.74) is 0.133. The van der Waals surface area contributed by atoms with Crippen LogP contribution >= 0.6 is 15.9 Å². The molecule has 2 N–H and O–H groups in total. The third-order valence-corrected chi connectivity index (χ3v) is 4.26. The van der Waals surface area contributed by atoms with Crippen molar-refractivity contribution in [3.05, 3.63) is 28.2 Å². The van der Waals surface area contributed by atoms with Gasteiger partial charge in [0.1, 0.15) is 6.10 Å². The molecule has 0 unspecified atom stereocenters. The SMILES string of the molecule is NS(=O)(=O)c1cc(C(=O)OC2COC2)ccc1Br. The fraction of sp³-hybridized carbons (Fsp3) is 0.300. The van der Waals surface area contributed by atoms with Crippen molar-refractivity contribution in [3.63, 3.8) is 0 Å². The van der Waals surface area contributed by atoms with Crippen LogP contribution < -0.4 is 5.14 Å². The van der Waals surface area contributed by atoms with Crippen molar-refractivity contribution in [1.29, 1.82) is 0 Å². The average molecular weight is 336 g/mol. The van der Waals surface area contributed by atoms with Gasteiger partial charge in [-0.1, -0.05) is 0 Å². The number of rotatable bonds is 3. The molecule has 0 bridgehead atoms. The van der Waals surface area contributed by atoms with Crippen LogP contribution in [0.2, 0.25) is 0 Å². The first-order valence-corrected chi connectivity index (χ1v) is 7.33. The number of primary sulfonamides is 1. The summed E-state index contributed by atoms with van der Waals surface area (Å²) in [6, 6.07) is 4.08. The van der Waals surface area contributed by atoms with E-state index >= 15 is 0 Å². The number of ether oxygens (including phenoxy) is 2. The highest BCUT2D eigenvalue weighted by atomic mass is 79.9. The van der Waals surface area contributed by atoms with Crippen molar-refractivity contribution >= 4 is 31.9 Å². The van der Waals surface area contributed by atoms with Gasteiger partial charge in [0.15, 0.2) is 0 Å². The molecule has 1 aliphatic rings. The maximum Gasteiger partial charge on any atom is 0.338 e. The van der Waals surface area contributed by atoms with Crippen LogP contribution in [0.3, 0.4) is 0 Å². The van der Waals surface area contributed by atoms with Gasteiger partial charge in [-0.05, 0) is 34.1 Å². The summed E-state index contributed by atoms with van der Waals surface area (Å²) in [5.74, 6) is -0.597. The van der Waals surface area contributed by atoms with E-state index in [1.807, 2.05) is 0 Å². The minimum Gasteiger partial charge on any atom is -0.454 e. The molecule has 1 aromatic rings. The molecule has 0 saturated carbocycles. The molecule has 18 heavy (non-hydrogen) atoms. The Morgan fingerprint density at radius 3 is 2.61 bits per heavy atom. The summed E-state index contributed by atoms with van der Waals surface area (Å²) >= 11 is 3.06. The van der Waals surface area contributed by atoms with Gasteiger partial charge in [-0.15, -0.1) is 0 Å². The van der Waals surface area contributed by atoms with Crippen LogP contribution in [0, 0.1) is 0 Å². The Balaban J connectivity index is 2.26. The Kier molecular flexibility index (Phi) is 3.71. The molecular weight excluding hydrogens is 326 g/mol. The van der Waals surface area contributed by atoms with Crippen molar-refractivity contribution in [1.82, 2.24) is 0 Å². The molecule has 1 heterocycles. The number of halogens is 1. The molecule has 8 heteroatoms. The number of benzene rings is 1. The largest absolute Gasteiger partial charge is 0.454 e. The Hall–Kier alpha value is -0.960. The van der Waals surface area contributed by atoms with Gasteiger partial charge in [0.25, 0.3) is 0 Å². The second kappa shape index (κ2) is 4.96. The van der Waals surface area contributed by atoms with E-state index in [9.17, 15) is 13.2 Å². The van der Waals surface area contributed by atoms with E-state index in [4.69, 9.17) is 14.6 Å². The zero-order chi connectivity index (χ0) is 13.3. The number of hydrogen-bond acceptors (Lipinski definition) is 5. The molecule has 0 amide bonds. The van der Waals surface area contributed by atoms with Gasteiger partial charge in [-0.3, -0.25) is 0 Å². The maximum atomic E-state index is 11.7. The molecule has 0 radical (unpaired) electrons. The molecular formula is C10H10BrNO5S. The topological polar surface area (TPSA) is 95.7 Å². The molecule has 1 fully saturated rings. The summed E-state index contributed by atoms with van der Waals surface area (Å²) in [5, 5.41) is 5.04. The predicted molar refractivity (Wildman–Crippen MR) is 65.5 cm³/mol. The van der Waals surface area contributed by atoms with Gasteiger partial charge in [-0.25, -0.2) is 18.4 Å². The van der Waals surface area contributed by atoms with Gasteiger partial charge in [0.2, 0.25) is 10.0 Å². The third kappa shape index (κ3) is 2.89. The molecule has 1 saturated heterocycles. The number of esters is 1. The van der Waals surface area contributed by atoms with E-state index in [2.05, 4.69) is 15.9 Å². The minimum absolute atomic E-state index is 0.133. The highest BCUT2D eigenvalue weighted by molar-refractivity contribution is 9.10. The summed E-state index contributed by atoms with van der Waals surface area (Å²) in [4.78, 5) is 11.6. The maximum absolute atomic E-state index is 11.7. The minimum atomic E-state index is -3.89. The van der Waals surface area contributed by atoms with Gasteiger partial charge in [0, 0.05) is 4.47 Å². The molecule has 2 rings (SSSR count). The van der Waals surface area contributed by atoms with E-state index in [1.165, 1.54) is 18.2 Å². The Bertz CT molecular complexity index is 582. The number of carbonyl (C=O) groups excluding carboxylic acids is 1. The fourth-order valence-corrected chi connectivity index (χ4v) is 2.90. The summed E-state index contributed by atoms with van der Waals surface area (Å²) in [6.07, 6.45) is -0.265. The van der Waals surface area contributed by atoms with Crippen molar-refractivity contribution in [2.75, 3.05) is 13.2 Å². The normalized spacial score (nSPS) is 16.1. The van der Waals surface area contributed by atoms with Crippen molar-refractivity contribution in [2.24, 2.45) is 5.14 Å². The Morgan fingerprint density at radius 2 is 2.11 bits per heavy atom. The van der Waals surface area contributed by atoms with Crippen molar-refractivity contribution in [2.45, 2.75) is 11.0 Å².